The van der Waals surface area contributed by atoms with E-state index in [9.17, 15) is 4.79 Å². The minimum atomic E-state index is 0.0449. The van der Waals surface area contributed by atoms with E-state index >= 15 is 0 Å². The van der Waals surface area contributed by atoms with Crippen LogP contribution in [0.15, 0.2) is 42.5 Å². The van der Waals surface area contributed by atoms with Crippen molar-refractivity contribution in [3.8, 4) is 11.5 Å². The van der Waals surface area contributed by atoms with Crippen molar-refractivity contribution in [3.05, 3.63) is 59.2 Å². The molecule has 0 radical (unpaired) electrons. The van der Waals surface area contributed by atoms with Crippen LogP contribution in [0.25, 0.3) is 0 Å². The smallest absolute Gasteiger partial charge is 0.193 e. The molecule has 1 saturated carbocycles. The fourth-order valence-electron chi connectivity index (χ4n) is 2.83. The normalized spacial score (nSPS) is 14.3. The van der Waals surface area contributed by atoms with Gasteiger partial charge in [-0.15, -0.1) is 0 Å². The van der Waals surface area contributed by atoms with Crippen LogP contribution in [-0.4, -0.2) is 20.0 Å². The van der Waals surface area contributed by atoms with Crippen LogP contribution >= 0.6 is 0 Å². The second kappa shape index (κ2) is 6.22. The first kappa shape index (κ1) is 14.6. The monoisotopic (exact) mass is 296 g/mol. The highest BCUT2D eigenvalue weighted by molar-refractivity contribution is 6.10. The molecule has 22 heavy (non-hydrogen) atoms. The Bertz CT molecular complexity index is 670. The summed E-state index contributed by atoms with van der Waals surface area (Å²) < 4.78 is 10.4. The summed E-state index contributed by atoms with van der Waals surface area (Å²) in [5.41, 5.74) is 2.58. The fraction of sp³-hybridized carbons (Fsp3) is 0.316. The van der Waals surface area contributed by atoms with Gasteiger partial charge < -0.3 is 9.47 Å². The summed E-state index contributed by atoms with van der Waals surface area (Å²) in [6.07, 6.45) is 3.57. The Morgan fingerprint density at radius 2 is 1.59 bits per heavy atom. The summed E-state index contributed by atoms with van der Waals surface area (Å²) in [6.45, 7) is 0. The molecule has 2 aromatic rings. The second-order valence-corrected chi connectivity index (χ2v) is 5.64. The van der Waals surface area contributed by atoms with Gasteiger partial charge in [-0.3, -0.25) is 4.79 Å². The van der Waals surface area contributed by atoms with Crippen LogP contribution in [0.3, 0.4) is 0 Å². The van der Waals surface area contributed by atoms with Gasteiger partial charge in [-0.25, -0.2) is 0 Å². The lowest BCUT2D eigenvalue weighted by atomic mass is 9.77. The summed E-state index contributed by atoms with van der Waals surface area (Å²) in [5, 5.41) is 0. The highest BCUT2D eigenvalue weighted by Crippen LogP contribution is 2.39. The van der Waals surface area contributed by atoms with E-state index in [4.69, 9.17) is 9.47 Å². The second-order valence-electron chi connectivity index (χ2n) is 5.64. The predicted molar refractivity (Wildman–Crippen MR) is 86.0 cm³/mol. The maximum Gasteiger partial charge on any atom is 0.193 e. The van der Waals surface area contributed by atoms with Crippen molar-refractivity contribution < 1.29 is 14.3 Å². The van der Waals surface area contributed by atoms with Gasteiger partial charge in [0.05, 0.1) is 14.2 Å². The molecule has 0 bridgehead atoms. The van der Waals surface area contributed by atoms with E-state index < -0.39 is 0 Å². The fourth-order valence-corrected chi connectivity index (χ4v) is 2.83. The van der Waals surface area contributed by atoms with Crippen molar-refractivity contribution in [1.29, 1.82) is 0 Å². The number of rotatable bonds is 5. The van der Waals surface area contributed by atoms with Crippen molar-refractivity contribution in [2.24, 2.45) is 0 Å². The largest absolute Gasteiger partial charge is 0.497 e. The number of benzene rings is 2. The molecule has 3 rings (SSSR count). The van der Waals surface area contributed by atoms with Gasteiger partial charge >= 0.3 is 0 Å². The number of hydrogen-bond acceptors (Lipinski definition) is 3. The molecule has 0 spiro atoms. The summed E-state index contributed by atoms with van der Waals surface area (Å²) in [4.78, 5) is 12.9. The van der Waals surface area contributed by atoms with Gasteiger partial charge in [-0.1, -0.05) is 12.5 Å². The van der Waals surface area contributed by atoms with E-state index in [0.29, 0.717) is 11.5 Å². The molecule has 1 aliphatic rings. The maximum absolute atomic E-state index is 12.9. The Morgan fingerprint density at radius 3 is 2.14 bits per heavy atom. The lowest BCUT2D eigenvalue weighted by Crippen LogP contribution is -2.14. The highest BCUT2D eigenvalue weighted by Gasteiger charge is 2.25. The number of ether oxygens (including phenoxy) is 2. The predicted octanol–water partition coefficient (Wildman–Crippen LogP) is 4.20. The van der Waals surface area contributed by atoms with Gasteiger partial charge in [0.1, 0.15) is 11.5 Å². The van der Waals surface area contributed by atoms with Gasteiger partial charge in [-0.2, -0.15) is 0 Å². The van der Waals surface area contributed by atoms with Crippen molar-refractivity contribution in [3.63, 3.8) is 0 Å². The van der Waals surface area contributed by atoms with E-state index in [1.165, 1.54) is 6.42 Å². The van der Waals surface area contributed by atoms with Gasteiger partial charge in [-0.05, 0) is 60.7 Å². The minimum Gasteiger partial charge on any atom is -0.497 e. The van der Waals surface area contributed by atoms with Gasteiger partial charge in [0.2, 0.25) is 0 Å². The average molecular weight is 296 g/mol. The van der Waals surface area contributed by atoms with Crippen LogP contribution in [0.1, 0.15) is 46.7 Å². The SMILES string of the molecule is COc1ccc(C(=O)c2cc(OC)ccc2C2CCC2)cc1. The number of carbonyl (C=O) groups is 1. The Balaban J connectivity index is 1.98. The van der Waals surface area contributed by atoms with Gasteiger partial charge in [0.15, 0.2) is 5.78 Å². The molecule has 0 atom stereocenters. The van der Waals surface area contributed by atoms with Crippen LogP contribution < -0.4 is 9.47 Å². The molecule has 0 saturated heterocycles. The molecule has 0 N–H and O–H groups in total. The molecule has 3 nitrogen and oxygen atoms in total. The first-order chi connectivity index (χ1) is 10.7. The molecule has 0 unspecified atom stereocenters. The maximum atomic E-state index is 12.9. The summed E-state index contributed by atoms with van der Waals surface area (Å²) in [6, 6.07) is 13.1. The third kappa shape index (κ3) is 2.71. The molecule has 1 aliphatic carbocycles. The van der Waals surface area contributed by atoms with E-state index in [1.54, 1.807) is 14.2 Å². The van der Waals surface area contributed by atoms with E-state index in [2.05, 4.69) is 0 Å². The lowest BCUT2D eigenvalue weighted by Gasteiger charge is -2.28. The van der Waals surface area contributed by atoms with Crippen LogP contribution in [0.5, 0.6) is 11.5 Å². The minimum absolute atomic E-state index is 0.0449. The van der Waals surface area contributed by atoms with E-state index in [-0.39, 0.29) is 5.78 Å². The standard InChI is InChI=1S/C19H20O3/c1-21-15-8-6-14(7-9-15)19(20)18-12-16(22-2)10-11-17(18)13-4-3-5-13/h6-13H,3-5H2,1-2H3. The van der Waals surface area contributed by atoms with Crippen LogP contribution in [-0.2, 0) is 0 Å². The number of ketones is 1. The Hall–Kier alpha value is -2.29. The van der Waals surface area contributed by atoms with E-state index in [0.717, 1.165) is 35.5 Å². The number of hydrogen-bond donors (Lipinski definition) is 0. The Kier molecular flexibility index (Phi) is 4.14. The number of methoxy groups -OCH3 is 2. The molecule has 0 heterocycles. The zero-order chi connectivity index (χ0) is 15.5. The highest BCUT2D eigenvalue weighted by atomic mass is 16.5. The quantitative estimate of drug-likeness (QED) is 0.776. The van der Waals surface area contributed by atoms with Gasteiger partial charge in [0, 0.05) is 11.1 Å². The summed E-state index contributed by atoms with van der Waals surface area (Å²) in [7, 11) is 3.24. The first-order valence-corrected chi connectivity index (χ1v) is 7.59. The Morgan fingerprint density at radius 1 is 0.955 bits per heavy atom. The average Bonchev–Trinajstić information content (AvgIpc) is 2.53. The summed E-state index contributed by atoms with van der Waals surface area (Å²) in [5.74, 6) is 2.02. The van der Waals surface area contributed by atoms with Crippen molar-refractivity contribution in [2.45, 2.75) is 25.2 Å². The number of carbonyl (C=O) groups excluding carboxylic acids is 1. The molecule has 2 aromatic carbocycles. The van der Waals surface area contributed by atoms with Crippen LogP contribution in [0, 0.1) is 0 Å². The lowest BCUT2D eigenvalue weighted by molar-refractivity contribution is 0.103. The van der Waals surface area contributed by atoms with E-state index in [1.807, 2.05) is 42.5 Å². The molecule has 114 valence electrons. The molecule has 3 heteroatoms. The summed E-state index contributed by atoms with van der Waals surface area (Å²) >= 11 is 0. The first-order valence-electron chi connectivity index (χ1n) is 7.59. The molecule has 0 aliphatic heterocycles. The van der Waals surface area contributed by atoms with Crippen molar-refractivity contribution in [2.75, 3.05) is 14.2 Å². The molecule has 0 amide bonds. The molecular weight excluding hydrogens is 276 g/mol. The molecule has 0 aromatic heterocycles. The third-order valence-corrected chi connectivity index (χ3v) is 4.40. The van der Waals surface area contributed by atoms with Gasteiger partial charge in [0.25, 0.3) is 0 Å². The van der Waals surface area contributed by atoms with Crippen LogP contribution in [0.2, 0.25) is 0 Å². The van der Waals surface area contributed by atoms with Crippen LogP contribution in [0.4, 0.5) is 0 Å². The van der Waals surface area contributed by atoms with Crippen molar-refractivity contribution >= 4 is 5.78 Å². The zero-order valence-electron chi connectivity index (χ0n) is 13.0. The molecule has 1 fully saturated rings. The topological polar surface area (TPSA) is 35.5 Å². The Labute approximate surface area is 130 Å². The van der Waals surface area contributed by atoms with Crippen molar-refractivity contribution in [1.82, 2.24) is 0 Å². The zero-order valence-corrected chi connectivity index (χ0v) is 13.0. The third-order valence-electron chi connectivity index (χ3n) is 4.40. The molecular formula is C19H20O3.